The van der Waals surface area contributed by atoms with Crippen molar-refractivity contribution in [3.8, 4) is 0 Å². The molecule has 1 heterocycles. The van der Waals surface area contributed by atoms with E-state index in [4.69, 9.17) is 5.73 Å². The van der Waals surface area contributed by atoms with Gasteiger partial charge in [0.25, 0.3) is 0 Å². The number of carbonyl (C=O) groups excluding carboxylic acids is 2. The summed E-state index contributed by atoms with van der Waals surface area (Å²) in [5.74, 6) is -0.786. The summed E-state index contributed by atoms with van der Waals surface area (Å²) in [5.41, 5.74) is 5.99. The number of halogens is 1. The van der Waals surface area contributed by atoms with E-state index in [0.717, 1.165) is 0 Å². The molecule has 0 aliphatic carbocycles. The quantitative estimate of drug-likeness (QED) is 0.680. The summed E-state index contributed by atoms with van der Waals surface area (Å²) in [6, 6.07) is 3.89. The minimum atomic E-state index is -0.470. The first-order chi connectivity index (χ1) is 8.90. The Morgan fingerprint density at radius 3 is 2.63 bits per heavy atom. The van der Waals surface area contributed by atoms with Gasteiger partial charge in [0, 0.05) is 23.0 Å². The van der Waals surface area contributed by atoms with Gasteiger partial charge < -0.3 is 5.73 Å². The molecule has 0 bridgehead atoms. The summed E-state index contributed by atoms with van der Waals surface area (Å²) < 4.78 is 12.9. The topological polar surface area (TPSA) is 63.4 Å². The molecule has 0 radical (unpaired) electrons. The normalized spacial score (nSPS) is 19.6. The second-order valence-electron chi connectivity index (χ2n) is 4.69. The Hall–Kier alpha value is -1.56. The number of benzene rings is 1. The van der Waals surface area contributed by atoms with Crippen LogP contribution in [0.15, 0.2) is 23.1 Å². The van der Waals surface area contributed by atoms with E-state index in [9.17, 15) is 14.0 Å². The maximum absolute atomic E-state index is 12.9. The first kappa shape index (κ1) is 13.9. The number of rotatable bonds is 3. The van der Waals surface area contributed by atoms with Gasteiger partial charge in [-0.05, 0) is 32.0 Å². The molecule has 0 spiro atoms. The van der Waals surface area contributed by atoms with E-state index in [2.05, 4.69) is 0 Å². The minimum absolute atomic E-state index is 0.142. The summed E-state index contributed by atoms with van der Waals surface area (Å²) in [6.07, 6.45) is 0.165. The highest BCUT2D eigenvalue weighted by atomic mass is 32.2. The lowest BCUT2D eigenvalue weighted by molar-refractivity contribution is -0.140. The number of hydrogen-bond donors (Lipinski definition) is 1. The Bertz CT molecular complexity index is 533. The van der Waals surface area contributed by atoms with Crippen molar-refractivity contribution in [3.05, 3.63) is 24.0 Å². The second-order valence-corrected chi connectivity index (χ2v) is 5.93. The molecule has 0 saturated carbocycles. The van der Waals surface area contributed by atoms with Crippen LogP contribution in [0.3, 0.4) is 0 Å². The molecule has 1 saturated heterocycles. The van der Waals surface area contributed by atoms with Crippen molar-refractivity contribution >= 4 is 29.3 Å². The first-order valence-electron chi connectivity index (χ1n) is 5.97. The van der Waals surface area contributed by atoms with E-state index in [1.807, 2.05) is 0 Å². The maximum atomic E-state index is 12.9. The number of thioether (sulfide) groups is 1. The fraction of sp³-hybridized carbons (Fsp3) is 0.385. The summed E-state index contributed by atoms with van der Waals surface area (Å²) >= 11 is 1.22. The smallest absolute Gasteiger partial charge is 0.243 e. The number of amides is 2. The van der Waals surface area contributed by atoms with Crippen molar-refractivity contribution in [2.75, 3.05) is 5.73 Å². The Morgan fingerprint density at radius 2 is 2.11 bits per heavy atom. The molecular formula is C13H15FN2O2S. The number of carbonyl (C=O) groups is 2. The number of hydrogen-bond acceptors (Lipinski definition) is 4. The van der Waals surface area contributed by atoms with Crippen LogP contribution in [0, 0.1) is 5.82 Å². The van der Waals surface area contributed by atoms with Crippen LogP contribution in [-0.2, 0) is 9.59 Å². The van der Waals surface area contributed by atoms with Gasteiger partial charge in [-0.15, -0.1) is 11.8 Å². The Labute approximate surface area is 115 Å². The molecule has 1 aromatic carbocycles. The molecule has 1 aliphatic heterocycles. The van der Waals surface area contributed by atoms with Crippen LogP contribution in [0.25, 0.3) is 0 Å². The van der Waals surface area contributed by atoms with E-state index in [-0.39, 0.29) is 30.0 Å². The van der Waals surface area contributed by atoms with Gasteiger partial charge >= 0.3 is 0 Å². The number of imide groups is 1. The third-order valence-corrected chi connectivity index (χ3v) is 4.18. The number of nitrogens with two attached hydrogens (primary N) is 1. The third kappa shape index (κ3) is 2.73. The predicted molar refractivity (Wildman–Crippen MR) is 72.1 cm³/mol. The Kier molecular flexibility index (Phi) is 3.80. The van der Waals surface area contributed by atoms with Gasteiger partial charge in [0.15, 0.2) is 0 Å². The molecule has 6 heteroatoms. The van der Waals surface area contributed by atoms with Gasteiger partial charge in [-0.1, -0.05) is 0 Å². The minimum Gasteiger partial charge on any atom is -0.398 e. The molecule has 2 N–H and O–H groups in total. The predicted octanol–water partition coefficient (Wildman–Crippen LogP) is 2.04. The van der Waals surface area contributed by atoms with Gasteiger partial charge in [-0.25, -0.2) is 4.39 Å². The molecule has 4 nitrogen and oxygen atoms in total. The van der Waals surface area contributed by atoms with Crippen LogP contribution < -0.4 is 5.73 Å². The van der Waals surface area contributed by atoms with Crippen LogP contribution in [0.1, 0.15) is 20.3 Å². The van der Waals surface area contributed by atoms with Crippen molar-refractivity contribution in [2.45, 2.75) is 36.5 Å². The number of anilines is 1. The van der Waals surface area contributed by atoms with Crippen LogP contribution in [0.4, 0.5) is 10.1 Å². The molecule has 2 amide bonds. The highest BCUT2D eigenvalue weighted by molar-refractivity contribution is 8.00. The van der Waals surface area contributed by atoms with Gasteiger partial charge in [-0.3, -0.25) is 14.5 Å². The molecule has 1 atom stereocenters. The van der Waals surface area contributed by atoms with E-state index in [0.29, 0.717) is 4.90 Å². The Balaban J connectivity index is 2.16. The van der Waals surface area contributed by atoms with Gasteiger partial charge in [0.05, 0.1) is 5.25 Å². The number of nitrogen functional groups attached to an aromatic ring is 1. The average Bonchev–Trinajstić information content (AvgIpc) is 2.58. The molecule has 2 rings (SSSR count). The fourth-order valence-corrected chi connectivity index (χ4v) is 3.13. The highest BCUT2D eigenvalue weighted by Crippen LogP contribution is 2.35. The van der Waals surface area contributed by atoms with Gasteiger partial charge in [0.2, 0.25) is 11.8 Å². The summed E-state index contributed by atoms with van der Waals surface area (Å²) in [5, 5.41) is -0.470. The van der Waals surface area contributed by atoms with Crippen LogP contribution >= 0.6 is 11.8 Å². The third-order valence-electron chi connectivity index (χ3n) is 2.90. The van der Waals surface area contributed by atoms with Crippen LogP contribution in [-0.4, -0.2) is 28.0 Å². The molecule has 1 fully saturated rings. The van der Waals surface area contributed by atoms with Crippen molar-refractivity contribution in [3.63, 3.8) is 0 Å². The second kappa shape index (κ2) is 5.21. The monoisotopic (exact) mass is 282 g/mol. The maximum Gasteiger partial charge on any atom is 0.243 e. The van der Waals surface area contributed by atoms with E-state index in [1.165, 1.54) is 34.9 Å². The van der Waals surface area contributed by atoms with E-state index in [1.54, 1.807) is 13.8 Å². The molecular weight excluding hydrogens is 267 g/mol. The largest absolute Gasteiger partial charge is 0.398 e. The number of nitrogens with zero attached hydrogens (tertiary/aromatic N) is 1. The Morgan fingerprint density at radius 1 is 1.42 bits per heavy atom. The lowest BCUT2D eigenvalue weighted by Crippen LogP contribution is -2.37. The zero-order valence-corrected chi connectivity index (χ0v) is 11.5. The van der Waals surface area contributed by atoms with Crippen LogP contribution in [0.2, 0.25) is 0 Å². The highest BCUT2D eigenvalue weighted by Gasteiger charge is 2.40. The zero-order valence-electron chi connectivity index (χ0n) is 10.7. The molecule has 1 aliphatic rings. The fourth-order valence-electron chi connectivity index (χ4n) is 2.04. The average molecular weight is 282 g/mol. The summed E-state index contributed by atoms with van der Waals surface area (Å²) in [4.78, 5) is 25.8. The van der Waals surface area contributed by atoms with Crippen molar-refractivity contribution in [1.82, 2.24) is 4.90 Å². The van der Waals surface area contributed by atoms with E-state index >= 15 is 0 Å². The molecule has 0 aromatic heterocycles. The van der Waals surface area contributed by atoms with Crippen molar-refractivity contribution in [1.29, 1.82) is 0 Å². The van der Waals surface area contributed by atoms with E-state index < -0.39 is 11.1 Å². The lowest BCUT2D eigenvalue weighted by Gasteiger charge is -2.18. The van der Waals surface area contributed by atoms with Gasteiger partial charge in [0.1, 0.15) is 5.82 Å². The molecule has 102 valence electrons. The summed E-state index contributed by atoms with van der Waals surface area (Å²) in [7, 11) is 0. The molecule has 1 unspecified atom stereocenters. The lowest BCUT2D eigenvalue weighted by atomic mass is 10.3. The van der Waals surface area contributed by atoms with Crippen molar-refractivity contribution in [2.24, 2.45) is 0 Å². The molecule has 1 aromatic rings. The van der Waals surface area contributed by atoms with Crippen molar-refractivity contribution < 1.29 is 14.0 Å². The SMILES string of the molecule is CC(C)N1C(=O)CC(Sc2ccc(F)cc2N)C1=O. The number of likely N-dealkylation sites (tertiary alicyclic amines) is 1. The van der Waals surface area contributed by atoms with Crippen LogP contribution in [0.5, 0.6) is 0 Å². The molecule has 19 heavy (non-hydrogen) atoms. The zero-order chi connectivity index (χ0) is 14.2. The standard InChI is InChI=1S/C13H15FN2O2S/c1-7(2)16-12(17)6-11(13(16)18)19-10-4-3-8(14)5-9(10)15/h3-5,7,11H,6,15H2,1-2H3. The first-order valence-corrected chi connectivity index (χ1v) is 6.85. The summed E-state index contributed by atoms with van der Waals surface area (Å²) in [6.45, 7) is 3.60. The van der Waals surface area contributed by atoms with Gasteiger partial charge in [-0.2, -0.15) is 0 Å².